The summed E-state index contributed by atoms with van der Waals surface area (Å²) in [5.74, 6) is -2.39. The smallest absolute Gasteiger partial charge is 0.282 e. The standard InChI is InChI=1S/C27H19FN4O3S.C25H20FN5O3.C25H19FN4O3S/c1-16-24(27(34)32(31(16)2)19-6-4-3-5-7-19)22(33)13-17-8-9-23(20(28)12-17)35-25-18(14-29)15-30-21-10-11-36-26(21)25;1-16-24(25(33)31(29(16)2)18-6-4-3-5-7-18)20(32)15-17-8-9-21(19(26)14-17)34-23-11-12-27-22-10-13-28-30(22)23;1-15-22(25(32)30(29(15)2)17-6-4-3-5-7-17)20(31)13-16-8-9-21(18(26)12-16)33-24-23-19(10-11-34-23)27-14-28-24/h3-12,15H,13H2,1-2H3;3-14H,15H2,1-2H3;3-12,14H,13H2,1-2H3. The molecule has 0 radical (unpaired) electrons. The number of Topliss-reactive ketones (excluding diaryl/α,β-unsaturated/α-hetero) is 3. The van der Waals surface area contributed by atoms with E-state index in [4.69, 9.17) is 14.2 Å². The minimum atomic E-state index is -0.683. The molecule has 15 rings (SSSR count). The van der Waals surface area contributed by atoms with Crippen molar-refractivity contribution in [1.29, 1.82) is 5.26 Å². The fraction of sp³-hybridized carbons (Fsp3) is 0.117. The van der Waals surface area contributed by atoms with Crippen LogP contribution in [0.2, 0.25) is 0 Å². The van der Waals surface area contributed by atoms with Crippen LogP contribution in [0.1, 0.15) is 70.4 Å². The molecule has 27 heteroatoms. The van der Waals surface area contributed by atoms with Gasteiger partial charge in [-0.15, -0.1) is 22.7 Å². The van der Waals surface area contributed by atoms with Crippen molar-refractivity contribution in [2.45, 2.75) is 40.0 Å². The van der Waals surface area contributed by atoms with E-state index < -0.39 is 39.9 Å². The van der Waals surface area contributed by atoms with E-state index in [1.165, 1.54) is 90.2 Å². The summed E-state index contributed by atoms with van der Waals surface area (Å²) in [4.78, 5) is 95.1. The summed E-state index contributed by atoms with van der Waals surface area (Å²) >= 11 is 2.74. The molecule has 6 aromatic carbocycles. The van der Waals surface area contributed by atoms with Crippen LogP contribution in [-0.2, 0) is 40.4 Å². The van der Waals surface area contributed by atoms with E-state index in [9.17, 15) is 47.2 Å². The predicted octanol–water partition coefficient (Wildman–Crippen LogP) is 14.1. The van der Waals surface area contributed by atoms with Gasteiger partial charge < -0.3 is 14.2 Å². The number of nitriles is 1. The molecule has 0 saturated carbocycles. The zero-order valence-corrected chi connectivity index (χ0v) is 57.8. The van der Waals surface area contributed by atoms with Crippen LogP contribution in [0, 0.1) is 49.6 Å². The van der Waals surface area contributed by atoms with Gasteiger partial charge in [-0.1, -0.05) is 72.8 Å². The Morgan fingerprint density at radius 3 is 1.35 bits per heavy atom. The Morgan fingerprint density at radius 1 is 0.481 bits per heavy atom. The van der Waals surface area contributed by atoms with Gasteiger partial charge in [0, 0.05) is 82.0 Å². The predicted molar refractivity (Wildman–Crippen MR) is 386 cm³/mol. The van der Waals surface area contributed by atoms with Crippen LogP contribution in [0.5, 0.6) is 34.8 Å². The van der Waals surface area contributed by atoms with Crippen LogP contribution in [0.15, 0.2) is 220 Å². The zero-order chi connectivity index (χ0) is 73.0. The van der Waals surface area contributed by atoms with Gasteiger partial charge in [0.2, 0.25) is 11.8 Å². The van der Waals surface area contributed by atoms with Gasteiger partial charge in [0.25, 0.3) is 16.7 Å². The number of hydrogen-bond acceptors (Lipinski definition) is 17. The van der Waals surface area contributed by atoms with Crippen LogP contribution in [0.3, 0.4) is 0 Å². The van der Waals surface area contributed by atoms with Gasteiger partial charge in [-0.3, -0.25) is 47.8 Å². The minimum absolute atomic E-state index is 0.00748. The van der Waals surface area contributed by atoms with Gasteiger partial charge in [-0.25, -0.2) is 42.2 Å². The second-order valence-corrected chi connectivity index (χ2v) is 25.5. The van der Waals surface area contributed by atoms with Crippen molar-refractivity contribution >= 4 is 66.1 Å². The largest absolute Gasteiger partial charge is 0.451 e. The third-order valence-corrected chi connectivity index (χ3v) is 19.0. The van der Waals surface area contributed by atoms with Gasteiger partial charge in [0.1, 0.15) is 39.4 Å². The number of nitrogens with zero attached hydrogens (tertiary/aromatic N) is 13. The molecule has 104 heavy (non-hydrogen) atoms. The van der Waals surface area contributed by atoms with Gasteiger partial charge in [-0.05, 0) is 133 Å². The van der Waals surface area contributed by atoms with Crippen LogP contribution >= 0.6 is 22.7 Å². The Kier molecular flexibility index (Phi) is 19.7. The van der Waals surface area contributed by atoms with Gasteiger partial charge >= 0.3 is 0 Å². The molecule has 0 fully saturated rings. The number of ether oxygens (including phenoxy) is 3. The molecule has 0 unspecified atom stereocenters. The lowest BCUT2D eigenvalue weighted by atomic mass is 10.0. The van der Waals surface area contributed by atoms with Crippen molar-refractivity contribution in [3.8, 4) is 57.9 Å². The maximum Gasteiger partial charge on any atom is 0.282 e. The van der Waals surface area contributed by atoms with Gasteiger partial charge in [0.15, 0.2) is 63.4 Å². The minimum Gasteiger partial charge on any atom is -0.451 e. The van der Waals surface area contributed by atoms with E-state index >= 15 is 0 Å². The van der Waals surface area contributed by atoms with E-state index in [1.54, 1.807) is 141 Å². The monoisotopic (exact) mass is 1430 g/mol. The fourth-order valence-corrected chi connectivity index (χ4v) is 13.4. The molecule has 0 aliphatic carbocycles. The number of benzene rings is 6. The topological polar surface area (TPSA) is 252 Å². The Hall–Kier alpha value is -13.2. The molecular weight excluding hydrogens is 1370 g/mol. The third-order valence-electron chi connectivity index (χ3n) is 17.2. The molecule has 0 aliphatic rings. The second kappa shape index (κ2) is 29.6. The average molecular weight is 1430 g/mol. The Bertz CT molecular complexity index is 5830. The van der Waals surface area contributed by atoms with Gasteiger partial charge in [0.05, 0.1) is 39.0 Å². The number of carbonyl (C=O) groups excluding carboxylic acids is 3. The first-order valence-corrected chi connectivity index (χ1v) is 33.8. The van der Waals surface area contributed by atoms with E-state index in [-0.39, 0.29) is 82.0 Å². The number of thiophene rings is 2. The molecule has 0 saturated heterocycles. The number of carbonyl (C=O) groups is 3. The molecular formula is C77H58F3N13O9S2. The highest BCUT2D eigenvalue weighted by atomic mass is 32.1. The van der Waals surface area contributed by atoms with Crippen molar-refractivity contribution in [1.82, 2.24) is 57.6 Å². The molecule has 0 N–H and O–H groups in total. The SMILES string of the molecule is Cc1c(C(=O)Cc2ccc(Oc3c(C#N)cnc4ccsc34)c(F)c2)c(=O)n(-c2ccccc2)n1C.Cc1c(C(=O)Cc2ccc(Oc3ccnc4ccnn34)c(F)c2)c(=O)n(-c2ccccc2)n1C.Cc1c(C(=O)Cc2ccc(Oc3ncnc4ccsc34)c(F)c2)c(=O)n(-c2ccccc2)n1C. The number of aromatic nitrogens is 12. The quantitative estimate of drug-likeness (QED) is 0.0724. The third kappa shape index (κ3) is 13.8. The number of para-hydroxylation sites is 3. The first-order chi connectivity index (χ1) is 50.3. The Morgan fingerprint density at radius 2 is 0.904 bits per heavy atom. The molecule has 0 spiro atoms. The Balaban J connectivity index is 0.000000139. The van der Waals surface area contributed by atoms with E-state index in [0.717, 1.165) is 10.2 Å². The molecule has 518 valence electrons. The lowest BCUT2D eigenvalue weighted by Gasteiger charge is -2.10. The zero-order valence-electron chi connectivity index (χ0n) is 56.2. The molecule has 15 aromatic rings. The van der Waals surface area contributed by atoms with Crippen LogP contribution in [0.4, 0.5) is 13.2 Å². The summed E-state index contributed by atoms with van der Waals surface area (Å²) in [7, 11) is 5.16. The first kappa shape index (κ1) is 69.3. The van der Waals surface area contributed by atoms with Crippen molar-refractivity contribution in [3.63, 3.8) is 0 Å². The summed E-state index contributed by atoms with van der Waals surface area (Å²) in [5.41, 5.74) is 5.99. The number of ketones is 3. The highest BCUT2D eigenvalue weighted by molar-refractivity contribution is 7.17. The van der Waals surface area contributed by atoms with Crippen molar-refractivity contribution in [3.05, 3.63) is 310 Å². The van der Waals surface area contributed by atoms with E-state index in [2.05, 4.69) is 25.0 Å². The molecule has 0 amide bonds. The normalized spacial score (nSPS) is 11.1. The van der Waals surface area contributed by atoms with Gasteiger partial charge in [-0.2, -0.15) is 14.9 Å². The highest BCUT2D eigenvalue weighted by Gasteiger charge is 2.27. The van der Waals surface area contributed by atoms with E-state index in [0.29, 0.717) is 72.6 Å². The fourth-order valence-electron chi connectivity index (χ4n) is 11.8. The van der Waals surface area contributed by atoms with Crippen LogP contribution in [-0.4, -0.2) is 75.0 Å². The number of halogens is 3. The molecule has 9 heterocycles. The number of fused-ring (bicyclic) bond motifs is 3. The maximum absolute atomic E-state index is 15.0. The van der Waals surface area contributed by atoms with E-state index in [1.807, 2.05) is 77.5 Å². The van der Waals surface area contributed by atoms with Crippen LogP contribution < -0.4 is 30.9 Å². The second-order valence-electron chi connectivity index (χ2n) is 23.7. The molecule has 0 atom stereocenters. The molecule has 0 bridgehead atoms. The van der Waals surface area contributed by atoms with Crippen LogP contribution in [0.25, 0.3) is 43.1 Å². The molecule has 0 aliphatic heterocycles. The lowest BCUT2D eigenvalue weighted by Crippen LogP contribution is -2.23. The Labute approximate surface area is 596 Å². The summed E-state index contributed by atoms with van der Waals surface area (Å²) in [6.45, 7) is 5.15. The lowest BCUT2D eigenvalue weighted by molar-refractivity contribution is 0.0982. The van der Waals surface area contributed by atoms with Crippen molar-refractivity contribution in [2.24, 2.45) is 21.1 Å². The molecule has 9 aromatic heterocycles. The summed E-state index contributed by atoms with van der Waals surface area (Å²) in [6, 6.07) is 48.9. The number of hydrogen-bond donors (Lipinski definition) is 0. The highest BCUT2D eigenvalue weighted by Crippen LogP contribution is 2.38. The number of rotatable bonds is 18. The first-order valence-electron chi connectivity index (χ1n) is 32.0. The summed E-state index contributed by atoms with van der Waals surface area (Å²) in [6.07, 6.45) is 5.47. The average Bonchev–Trinajstić information content (AvgIpc) is 1.65. The van der Waals surface area contributed by atoms with Crippen molar-refractivity contribution in [2.75, 3.05) is 0 Å². The summed E-state index contributed by atoms with van der Waals surface area (Å²) < 4.78 is 73.8. The molecule has 22 nitrogen and oxygen atoms in total. The number of pyridine rings is 1. The summed E-state index contributed by atoms with van der Waals surface area (Å²) in [5, 5.41) is 17.2. The van der Waals surface area contributed by atoms with Crippen molar-refractivity contribution < 1.29 is 41.8 Å². The maximum atomic E-state index is 15.0.